The number of rotatable bonds is 5. The van der Waals surface area contributed by atoms with Crippen LogP contribution in [-0.2, 0) is 16.6 Å². The fraction of sp³-hybridized carbons (Fsp3) is 0.480. The number of likely N-dealkylation sites (tertiary alicyclic amines) is 1. The molecule has 1 fully saturated rings. The molecule has 6 heteroatoms. The van der Waals surface area contributed by atoms with E-state index in [0.29, 0.717) is 18.0 Å². The minimum atomic E-state index is -0.160. The molecule has 0 aromatic heterocycles. The molecule has 4 rings (SSSR count). The van der Waals surface area contributed by atoms with Crippen LogP contribution in [0.15, 0.2) is 42.5 Å². The van der Waals surface area contributed by atoms with Crippen molar-refractivity contribution in [1.82, 2.24) is 9.80 Å². The number of carbonyl (C=O) groups is 1. The van der Waals surface area contributed by atoms with Gasteiger partial charge in [0, 0.05) is 50.4 Å². The lowest BCUT2D eigenvalue weighted by atomic mass is 9.74. The van der Waals surface area contributed by atoms with Crippen LogP contribution in [0.4, 0.5) is 10.1 Å². The minimum absolute atomic E-state index is 0.00642. The summed E-state index contributed by atoms with van der Waals surface area (Å²) in [4.78, 5) is 19.3. The van der Waals surface area contributed by atoms with Gasteiger partial charge in [-0.05, 0) is 67.7 Å². The predicted octanol–water partition coefficient (Wildman–Crippen LogP) is 4.21. The van der Waals surface area contributed by atoms with Crippen molar-refractivity contribution in [3.63, 3.8) is 0 Å². The highest BCUT2D eigenvalue weighted by Crippen LogP contribution is 2.46. The molecule has 0 bridgehead atoms. The maximum atomic E-state index is 14.0. The van der Waals surface area contributed by atoms with E-state index < -0.39 is 0 Å². The Kier molecular flexibility index (Phi) is 6.27. The molecule has 31 heavy (non-hydrogen) atoms. The summed E-state index contributed by atoms with van der Waals surface area (Å²) >= 11 is 6.38. The standard InChI is InChI=1S/C25H31ClFN3O/c1-28(2)24(31)19(14-18-6-4-5-7-22(18)26)16-30-12-10-25(11-13-30)17-29(3)23-9-8-20(27)15-21(23)25/h4-9,15,19H,10-14,16-17H2,1-3H3. The molecule has 0 radical (unpaired) electrons. The summed E-state index contributed by atoms with van der Waals surface area (Å²) in [5.41, 5.74) is 3.31. The molecule has 2 aromatic carbocycles. The third-order valence-corrected chi connectivity index (χ3v) is 7.36. The zero-order valence-corrected chi connectivity index (χ0v) is 19.3. The Hall–Kier alpha value is -2.11. The number of hydrogen-bond acceptors (Lipinski definition) is 3. The molecular formula is C25H31ClFN3O. The monoisotopic (exact) mass is 443 g/mol. The first-order chi connectivity index (χ1) is 14.8. The number of benzene rings is 2. The second-order valence-electron chi connectivity index (χ2n) is 9.32. The number of likely N-dealkylation sites (N-methyl/N-ethyl adjacent to an activating group) is 1. The normalized spacial score (nSPS) is 18.8. The van der Waals surface area contributed by atoms with Crippen LogP contribution in [0.25, 0.3) is 0 Å². The van der Waals surface area contributed by atoms with Gasteiger partial charge in [0.15, 0.2) is 0 Å². The molecule has 2 heterocycles. The van der Waals surface area contributed by atoms with Gasteiger partial charge < -0.3 is 14.7 Å². The van der Waals surface area contributed by atoms with E-state index in [1.54, 1.807) is 17.0 Å². The number of nitrogens with zero attached hydrogens (tertiary/aromatic N) is 3. The average molecular weight is 444 g/mol. The van der Waals surface area contributed by atoms with E-state index in [1.807, 2.05) is 44.4 Å². The lowest BCUT2D eigenvalue weighted by Crippen LogP contribution is -2.48. The quantitative estimate of drug-likeness (QED) is 0.692. The Morgan fingerprint density at radius 3 is 2.58 bits per heavy atom. The summed E-state index contributed by atoms with van der Waals surface area (Å²) in [5, 5.41) is 0.712. The van der Waals surface area contributed by atoms with Gasteiger partial charge in [-0.25, -0.2) is 4.39 Å². The first kappa shape index (κ1) is 22.1. The molecule has 1 saturated heterocycles. The van der Waals surface area contributed by atoms with Crippen molar-refractivity contribution in [1.29, 1.82) is 0 Å². The largest absolute Gasteiger partial charge is 0.373 e. The summed E-state index contributed by atoms with van der Waals surface area (Å²) in [6.07, 6.45) is 2.58. The molecule has 2 aromatic rings. The van der Waals surface area contributed by atoms with E-state index >= 15 is 0 Å². The summed E-state index contributed by atoms with van der Waals surface area (Å²) in [6.45, 7) is 3.45. The fourth-order valence-electron chi connectivity index (χ4n) is 5.32. The van der Waals surface area contributed by atoms with Gasteiger partial charge >= 0.3 is 0 Å². The lowest BCUT2D eigenvalue weighted by molar-refractivity contribution is -0.133. The van der Waals surface area contributed by atoms with Gasteiger partial charge in [0.25, 0.3) is 0 Å². The first-order valence-corrected chi connectivity index (χ1v) is 11.3. The number of amides is 1. The molecule has 2 aliphatic rings. The van der Waals surface area contributed by atoms with Gasteiger partial charge in [0.05, 0.1) is 5.92 Å². The lowest BCUT2D eigenvalue weighted by Gasteiger charge is -2.41. The molecule has 1 spiro atoms. The Morgan fingerprint density at radius 1 is 1.19 bits per heavy atom. The number of anilines is 1. The Morgan fingerprint density at radius 2 is 1.90 bits per heavy atom. The van der Waals surface area contributed by atoms with Crippen LogP contribution in [-0.4, -0.2) is 63.0 Å². The highest BCUT2D eigenvalue weighted by molar-refractivity contribution is 6.31. The average Bonchev–Trinajstić information content (AvgIpc) is 3.00. The van der Waals surface area contributed by atoms with Crippen molar-refractivity contribution in [3.8, 4) is 0 Å². The van der Waals surface area contributed by atoms with E-state index in [0.717, 1.165) is 49.3 Å². The van der Waals surface area contributed by atoms with Gasteiger partial charge in [-0.15, -0.1) is 0 Å². The number of piperidine rings is 1. The molecule has 2 aliphatic heterocycles. The fourth-order valence-corrected chi connectivity index (χ4v) is 5.53. The van der Waals surface area contributed by atoms with E-state index in [4.69, 9.17) is 11.6 Å². The maximum Gasteiger partial charge on any atom is 0.226 e. The molecule has 166 valence electrons. The van der Waals surface area contributed by atoms with Gasteiger partial charge in [0.1, 0.15) is 5.82 Å². The van der Waals surface area contributed by atoms with Crippen LogP contribution in [0.2, 0.25) is 5.02 Å². The summed E-state index contributed by atoms with van der Waals surface area (Å²) in [7, 11) is 5.72. The van der Waals surface area contributed by atoms with Crippen LogP contribution < -0.4 is 4.90 Å². The summed E-state index contributed by atoms with van der Waals surface area (Å²) in [5.74, 6) is -0.166. The molecule has 1 atom stereocenters. The number of fused-ring (bicyclic) bond motifs is 2. The smallest absolute Gasteiger partial charge is 0.226 e. The van der Waals surface area contributed by atoms with Crippen molar-refractivity contribution in [2.24, 2.45) is 5.92 Å². The zero-order chi connectivity index (χ0) is 22.2. The predicted molar refractivity (Wildman–Crippen MR) is 124 cm³/mol. The highest BCUT2D eigenvalue weighted by Gasteiger charge is 2.44. The Labute approximate surface area is 189 Å². The van der Waals surface area contributed by atoms with Gasteiger partial charge in [-0.1, -0.05) is 29.8 Å². The van der Waals surface area contributed by atoms with Crippen LogP contribution in [0, 0.1) is 11.7 Å². The molecule has 1 amide bonds. The third kappa shape index (κ3) is 4.44. The SMILES string of the molecule is CN(C)C(=O)C(Cc1ccccc1Cl)CN1CCC2(CC1)CN(C)c1ccc(F)cc12. The van der Waals surface area contributed by atoms with E-state index in [2.05, 4.69) is 16.8 Å². The second-order valence-corrected chi connectivity index (χ2v) is 9.73. The van der Waals surface area contributed by atoms with Gasteiger partial charge in [-0.2, -0.15) is 0 Å². The summed E-state index contributed by atoms with van der Waals surface area (Å²) < 4.78 is 14.0. The van der Waals surface area contributed by atoms with E-state index in [1.165, 1.54) is 0 Å². The molecule has 0 aliphatic carbocycles. The van der Waals surface area contributed by atoms with Gasteiger partial charge in [0.2, 0.25) is 5.91 Å². The molecular weight excluding hydrogens is 413 g/mol. The number of hydrogen-bond donors (Lipinski definition) is 0. The molecule has 0 saturated carbocycles. The van der Waals surface area contributed by atoms with Crippen molar-refractivity contribution >= 4 is 23.2 Å². The van der Waals surface area contributed by atoms with Crippen LogP contribution in [0.3, 0.4) is 0 Å². The number of carbonyl (C=O) groups excluding carboxylic acids is 1. The minimum Gasteiger partial charge on any atom is -0.373 e. The first-order valence-electron chi connectivity index (χ1n) is 11.0. The van der Waals surface area contributed by atoms with Crippen molar-refractivity contribution in [3.05, 3.63) is 64.4 Å². The highest BCUT2D eigenvalue weighted by atomic mass is 35.5. The van der Waals surface area contributed by atoms with Gasteiger partial charge in [-0.3, -0.25) is 4.79 Å². The van der Waals surface area contributed by atoms with Crippen molar-refractivity contribution in [2.45, 2.75) is 24.7 Å². The summed E-state index contributed by atoms with van der Waals surface area (Å²) in [6, 6.07) is 12.9. The van der Waals surface area contributed by atoms with Crippen LogP contribution in [0.5, 0.6) is 0 Å². The topological polar surface area (TPSA) is 26.8 Å². The number of halogens is 2. The second kappa shape index (κ2) is 8.79. The molecule has 1 unspecified atom stereocenters. The van der Waals surface area contributed by atoms with Crippen molar-refractivity contribution in [2.75, 3.05) is 52.2 Å². The Balaban J connectivity index is 1.47. The van der Waals surface area contributed by atoms with E-state index in [-0.39, 0.29) is 23.1 Å². The van der Waals surface area contributed by atoms with Crippen LogP contribution >= 0.6 is 11.6 Å². The third-order valence-electron chi connectivity index (χ3n) is 6.99. The van der Waals surface area contributed by atoms with Crippen LogP contribution in [0.1, 0.15) is 24.0 Å². The molecule has 4 nitrogen and oxygen atoms in total. The Bertz CT molecular complexity index is 956. The van der Waals surface area contributed by atoms with Crippen molar-refractivity contribution < 1.29 is 9.18 Å². The zero-order valence-electron chi connectivity index (χ0n) is 18.6. The molecule has 0 N–H and O–H groups in total. The van der Waals surface area contributed by atoms with E-state index in [9.17, 15) is 9.18 Å². The maximum absolute atomic E-state index is 14.0.